The van der Waals surface area contributed by atoms with E-state index in [4.69, 9.17) is 11.6 Å². The molecule has 0 spiro atoms. The molecule has 1 unspecified atom stereocenters. The molecular weight excluding hydrogens is 294 g/mol. The second-order valence-electron chi connectivity index (χ2n) is 5.54. The van der Waals surface area contributed by atoms with E-state index >= 15 is 0 Å². The zero-order chi connectivity index (χ0) is 15.2. The molecule has 0 bridgehead atoms. The highest BCUT2D eigenvalue weighted by Crippen LogP contribution is 2.16. The highest BCUT2D eigenvalue weighted by molar-refractivity contribution is 7.89. The van der Waals surface area contributed by atoms with E-state index in [2.05, 4.69) is 30.7 Å². The standard InChI is InChI=1S/C15H24ClNO2S/c1-12(2)11-14-5-7-15(8-6-14)13(3)17-20(18,19)10-4-9-16/h5-8,12-13,17H,4,9-11H2,1-3H3. The van der Waals surface area contributed by atoms with Crippen molar-refractivity contribution < 1.29 is 8.42 Å². The number of halogens is 1. The Kier molecular flexibility index (Phi) is 7.00. The van der Waals surface area contributed by atoms with Crippen molar-refractivity contribution in [3.63, 3.8) is 0 Å². The van der Waals surface area contributed by atoms with Crippen molar-refractivity contribution in [3.8, 4) is 0 Å². The molecule has 0 saturated carbocycles. The van der Waals surface area contributed by atoms with Crippen molar-refractivity contribution in [2.45, 2.75) is 39.7 Å². The second-order valence-corrected chi connectivity index (χ2v) is 7.79. The minimum atomic E-state index is -3.25. The number of sulfonamides is 1. The van der Waals surface area contributed by atoms with Crippen LogP contribution in [0.1, 0.15) is 44.4 Å². The summed E-state index contributed by atoms with van der Waals surface area (Å²) in [5, 5.41) is 0. The molecule has 114 valence electrons. The van der Waals surface area contributed by atoms with Gasteiger partial charge in [-0.15, -0.1) is 11.6 Å². The van der Waals surface area contributed by atoms with E-state index in [0.717, 1.165) is 12.0 Å². The van der Waals surface area contributed by atoms with Crippen LogP contribution < -0.4 is 4.72 Å². The number of alkyl halides is 1. The third-order valence-corrected chi connectivity index (χ3v) is 4.83. The van der Waals surface area contributed by atoms with Crippen LogP contribution in [0.2, 0.25) is 0 Å². The first-order chi connectivity index (χ1) is 9.34. The lowest BCUT2D eigenvalue weighted by Gasteiger charge is -2.15. The van der Waals surface area contributed by atoms with Crippen LogP contribution in [0.3, 0.4) is 0 Å². The molecule has 0 saturated heterocycles. The summed E-state index contributed by atoms with van der Waals surface area (Å²) in [7, 11) is -3.25. The van der Waals surface area contributed by atoms with Crippen molar-refractivity contribution >= 4 is 21.6 Å². The van der Waals surface area contributed by atoms with Gasteiger partial charge in [0.15, 0.2) is 0 Å². The summed E-state index contributed by atoms with van der Waals surface area (Å²) in [4.78, 5) is 0. The quantitative estimate of drug-likeness (QED) is 0.746. The van der Waals surface area contributed by atoms with Crippen molar-refractivity contribution in [1.29, 1.82) is 0 Å². The van der Waals surface area contributed by atoms with E-state index in [1.807, 2.05) is 19.1 Å². The van der Waals surface area contributed by atoms with E-state index in [1.165, 1.54) is 5.56 Å². The smallest absolute Gasteiger partial charge is 0.212 e. The molecule has 0 aromatic heterocycles. The topological polar surface area (TPSA) is 46.2 Å². The summed E-state index contributed by atoms with van der Waals surface area (Å²) in [5.41, 5.74) is 2.26. The van der Waals surface area contributed by atoms with Crippen molar-refractivity contribution in [3.05, 3.63) is 35.4 Å². The number of hydrogen-bond donors (Lipinski definition) is 1. The third kappa shape index (κ3) is 6.25. The van der Waals surface area contributed by atoms with Crippen LogP contribution in [-0.2, 0) is 16.4 Å². The molecule has 1 atom stereocenters. The Morgan fingerprint density at radius 3 is 2.25 bits per heavy atom. The summed E-state index contributed by atoms with van der Waals surface area (Å²) < 4.78 is 26.3. The Balaban J connectivity index is 2.65. The Morgan fingerprint density at radius 2 is 1.75 bits per heavy atom. The molecule has 0 fully saturated rings. The largest absolute Gasteiger partial charge is 0.212 e. The maximum Gasteiger partial charge on any atom is 0.212 e. The van der Waals surface area contributed by atoms with Gasteiger partial charge in [-0.05, 0) is 36.8 Å². The molecule has 0 aliphatic carbocycles. The van der Waals surface area contributed by atoms with E-state index in [9.17, 15) is 8.42 Å². The molecule has 3 nitrogen and oxygen atoms in total. The van der Waals surface area contributed by atoms with Gasteiger partial charge >= 0.3 is 0 Å². The monoisotopic (exact) mass is 317 g/mol. The molecule has 0 aliphatic heterocycles. The van der Waals surface area contributed by atoms with Gasteiger partial charge in [0.25, 0.3) is 0 Å². The van der Waals surface area contributed by atoms with Crippen LogP contribution in [0.4, 0.5) is 0 Å². The summed E-state index contributed by atoms with van der Waals surface area (Å²) in [5.74, 6) is 1.05. The van der Waals surface area contributed by atoms with Gasteiger partial charge in [-0.1, -0.05) is 38.1 Å². The van der Waals surface area contributed by atoms with Gasteiger partial charge in [0.1, 0.15) is 0 Å². The lowest BCUT2D eigenvalue weighted by molar-refractivity contribution is 0.565. The Labute approximate surface area is 127 Å². The molecular formula is C15H24ClNO2S. The fourth-order valence-electron chi connectivity index (χ4n) is 2.05. The predicted molar refractivity (Wildman–Crippen MR) is 85.7 cm³/mol. The lowest BCUT2D eigenvalue weighted by atomic mass is 10.0. The van der Waals surface area contributed by atoms with E-state index in [-0.39, 0.29) is 11.8 Å². The molecule has 1 aromatic carbocycles. The fraction of sp³-hybridized carbons (Fsp3) is 0.600. The van der Waals surface area contributed by atoms with Crippen LogP contribution in [0.5, 0.6) is 0 Å². The number of rotatable bonds is 8. The summed E-state index contributed by atoms with van der Waals surface area (Å²) in [6.45, 7) is 6.22. The Morgan fingerprint density at radius 1 is 1.15 bits per heavy atom. The molecule has 1 rings (SSSR count). The third-order valence-electron chi connectivity index (χ3n) is 3.03. The normalized spacial score (nSPS) is 13.7. The molecule has 0 amide bonds. The highest BCUT2D eigenvalue weighted by Gasteiger charge is 2.15. The van der Waals surface area contributed by atoms with Gasteiger partial charge in [-0.3, -0.25) is 0 Å². The molecule has 5 heteroatoms. The van der Waals surface area contributed by atoms with Gasteiger partial charge in [0, 0.05) is 11.9 Å². The van der Waals surface area contributed by atoms with Gasteiger partial charge in [-0.2, -0.15) is 0 Å². The average molecular weight is 318 g/mol. The second kappa shape index (κ2) is 8.01. The van der Waals surface area contributed by atoms with E-state index < -0.39 is 10.0 Å². The maximum atomic E-state index is 11.8. The zero-order valence-corrected chi connectivity index (χ0v) is 14.0. The van der Waals surface area contributed by atoms with E-state index in [0.29, 0.717) is 18.2 Å². The first-order valence-corrected chi connectivity index (χ1v) is 9.17. The Bertz CT molecular complexity index is 497. The highest BCUT2D eigenvalue weighted by atomic mass is 35.5. The molecule has 0 aliphatic rings. The fourth-order valence-corrected chi connectivity index (χ4v) is 3.66. The van der Waals surface area contributed by atoms with Gasteiger partial charge in [0.2, 0.25) is 10.0 Å². The minimum Gasteiger partial charge on any atom is -0.212 e. The van der Waals surface area contributed by atoms with Crippen LogP contribution in [0.15, 0.2) is 24.3 Å². The minimum absolute atomic E-state index is 0.0757. The summed E-state index contributed by atoms with van der Waals surface area (Å²) >= 11 is 5.53. The molecule has 0 radical (unpaired) electrons. The molecule has 1 aromatic rings. The van der Waals surface area contributed by atoms with Crippen LogP contribution >= 0.6 is 11.6 Å². The predicted octanol–water partition coefficient (Wildman–Crippen LogP) is 3.49. The average Bonchev–Trinajstić information content (AvgIpc) is 2.36. The molecule has 1 N–H and O–H groups in total. The summed E-state index contributed by atoms with van der Waals surface area (Å²) in [6, 6.07) is 7.90. The van der Waals surface area contributed by atoms with Crippen molar-refractivity contribution in [1.82, 2.24) is 4.72 Å². The van der Waals surface area contributed by atoms with Gasteiger partial charge in [0.05, 0.1) is 5.75 Å². The number of hydrogen-bond acceptors (Lipinski definition) is 2. The summed E-state index contributed by atoms with van der Waals surface area (Å²) in [6.07, 6.45) is 1.51. The van der Waals surface area contributed by atoms with Crippen molar-refractivity contribution in [2.24, 2.45) is 5.92 Å². The maximum absolute atomic E-state index is 11.8. The van der Waals surface area contributed by atoms with Crippen LogP contribution in [0.25, 0.3) is 0 Å². The first kappa shape index (κ1) is 17.5. The van der Waals surface area contributed by atoms with Crippen molar-refractivity contribution in [2.75, 3.05) is 11.6 Å². The first-order valence-electron chi connectivity index (χ1n) is 6.99. The SMILES string of the molecule is CC(C)Cc1ccc(C(C)NS(=O)(=O)CCCCl)cc1. The zero-order valence-electron chi connectivity index (χ0n) is 12.4. The van der Waals surface area contributed by atoms with Crippen LogP contribution in [0, 0.1) is 5.92 Å². The Hall–Kier alpha value is -0.580. The van der Waals surface area contributed by atoms with E-state index in [1.54, 1.807) is 0 Å². The number of nitrogens with one attached hydrogen (secondary N) is 1. The van der Waals surface area contributed by atoms with Crippen LogP contribution in [-0.4, -0.2) is 20.1 Å². The molecule has 20 heavy (non-hydrogen) atoms. The number of benzene rings is 1. The van der Waals surface area contributed by atoms with Gasteiger partial charge < -0.3 is 0 Å². The lowest BCUT2D eigenvalue weighted by Crippen LogP contribution is -2.29. The van der Waals surface area contributed by atoms with Gasteiger partial charge in [-0.25, -0.2) is 13.1 Å². The molecule has 0 heterocycles.